The number of hydrogen-bond acceptors (Lipinski definition) is 5. The van der Waals surface area contributed by atoms with Crippen LogP contribution >= 0.6 is 0 Å². The van der Waals surface area contributed by atoms with Gasteiger partial charge in [-0.2, -0.15) is 0 Å². The molecule has 5 nitrogen and oxygen atoms in total. The summed E-state index contributed by atoms with van der Waals surface area (Å²) in [5.41, 5.74) is 5.17. The Hall–Kier alpha value is -3.44. The van der Waals surface area contributed by atoms with Gasteiger partial charge in [0.25, 0.3) is 0 Å². The molecule has 1 N–H and O–H groups in total. The molecule has 0 aromatic heterocycles. The SMILES string of the molecule is CN(C)c1ccc2c(c1)Oc1cc(N(C)C)ccc1C2=c1ccccc1=COO. The fourth-order valence-electron chi connectivity index (χ4n) is 3.60. The monoisotopic (exact) mass is 388 g/mol. The zero-order valence-corrected chi connectivity index (χ0v) is 17.0. The number of rotatable bonds is 3. The summed E-state index contributed by atoms with van der Waals surface area (Å²) >= 11 is 0. The van der Waals surface area contributed by atoms with Crippen molar-refractivity contribution in [3.05, 3.63) is 82.2 Å². The summed E-state index contributed by atoms with van der Waals surface area (Å²) < 4.78 is 6.35. The van der Waals surface area contributed by atoms with E-state index in [2.05, 4.69) is 51.1 Å². The average Bonchev–Trinajstić information content (AvgIpc) is 2.72. The highest BCUT2D eigenvalue weighted by Gasteiger charge is 2.24. The lowest BCUT2D eigenvalue weighted by atomic mass is 9.91. The Morgan fingerprint density at radius 3 is 1.86 bits per heavy atom. The van der Waals surface area contributed by atoms with Gasteiger partial charge < -0.3 is 19.4 Å². The van der Waals surface area contributed by atoms with E-state index < -0.39 is 0 Å². The van der Waals surface area contributed by atoms with Gasteiger partial charge in [-0.05, 0) is 29.5 Å². The first kappa shape index (κ1) is 18.9. The molecule has 0 unspecified atom stereocenters. The van der Waals surface area contributed by atoms with Crippen molar-refractivity contribution in [1.82, 2.24) is 0 Å². The zero-order valence-electron chi connectivity index (χ0n) is 17.0. The lowest BCUT2D eigenvalue weighted by Gasteiger charge is -2.26. The first-order valence-electron chi connectivity index (χ1n) is 9.40. The fraction of sp³-hybridized carbons (Fsp3) is 0.167. The van der Waals surface area contributed by atoms with Gasteiger partial charge in [-0.3, -0.25) is 0 Å². The quantitative estimate of drug-likeness (QED) is 0.431. The van der Waals surface area contributed by atoms with Gasteiger partial charge in [0.05, 0.1) is 0 Å². The molecular formula is C24H24N2O3. The number of nitrogens with zero attached hydrogens (tertiary/aromatic N) is 2. The topological polar surface area (TPSA) is 45.2 Å². The molecule has 29 heavy (non-hydrogen) atoms. The Kier molecular flexibility index (Phi) is 4.91. The van der Waals surface area contributed by atoms with Crippen LogP contribution in [0.15, 0.2) is 60.7 Å². The molecule has 1 aliphatic heterocycles. The van der Waals surface area contributed by atoms with Crippen molar-refractivity contribution in [1.29, 1.82) is 0 Å². The van der Waals surface area contributed by atoms with Gasteiger partial charge in [0.2, 0.25) is 0 Å². The van der Waals surface area contributed by atoms with E-state index in [9.17, 15) is 0 Å². The number of benzene rings is 3. The molecule has 0 amide bonds. The molecule has 0 radical (unpaired) electrons. The first-order valence-corrected chi connectivity index (χ1v) is 9.40. The lowest BCUT2D eigenvalue weighted by Crippen LogP contribution is -2.28. The maximum atomic E-state index is 9.03. The molecule has 0 saturated heterocycles. The average molecular weight is 388 g/mol. The van der Waals surface area contributed by atoms with Crippen LogP contribution in [0.5, 0.6) is 11.5 Å². The predicted octanol–water partition coefficient (Wildman–Crippen LogP) is 3.40. The minimum Gasteiger partial charge on any atom is -0.456 e. The van der Waals surface area contributed by atoms with Crippen molar-refractivity contribution in [2.45, 2.75) is 0 Å². The minimum absolute atomic E-state index is 0.789. The van der Waals surface area contributed by atoms with E-state index >= 15 is 0 Å². The summed E-state index contributed by atoms with van der Waals surface area (Å²) in [6.07, 6.45) is 1.35. The van der Waals surface area contributed by atoms with E-state index in [4.69, 9.17) is 9.99 Å². The van der Waals surface area contributed by atoms with Crippen molar-refractivity contribution >= 4 is 23.2 Å². The van der Waals surface area contributed by atoms with Gasteiger partial charge in [0.15, 0.2) is 0 Å². The van der Waals surface area contributed by atoms with Crippen LogP contribution in [0.4, 0.5) is 11.4 Å². The molecule has 0 spiro atoms. The number of fused-ring (bicyclic) bond motifs is 2. The molecule has 0 fully saturated rings. The predicted molar refractivity (Wildman–Crippen MR) is 117 cm³/mol. The summed E-state index contributed by atoms with van der Waals surface area (Å²) in [6.45, 7) is 0. The largest absolute Gasteiger partial charge is 0.456 e. The van der Waals surface area contributed by atoms with Crippen LogP contribution in [-0.4, -0.2) is 33.4 Å². The normalized spacial score (nSPS) is 12.7. The fourth-order valence-corrected chi connectivity index (χ4v) is 3.60. The van der Waals surface area contributed by atoms with E-state index in [0.29, 0.717) is 0 Å². The van der Waals surface area contributed by atoms with Crippen LogP contribution in [0.25, 0.3) is 11.8 Å². The molecule has 4 rings (SSSR count). The smallest absolute Gasteiger partial charge is 0.137 e. The molecule has 3 aromatic rings. The van der Waals surface area contributed by atoms with Crippen LogP contribution in [0.2, 0.25) is 0 Å². The van der Waals surface area contributed by atoms with E-state index in [0.717, 1.165) is 50.0 Å². The van der Waals surface area contributed by atoms with E-state index in [-0.39, 0.29) is 0 Å². The van der Waals surface area contributed by atoms with E-state index in [1.165, 1.54) is 6.26 Å². The first-order chi connectivity index (χ1) is 14.0. The van der Waals surface area contributed by atoms with Gasteiger partial charge in [-0.25, -0.2) is 5.26 Å². The van der Waals surface area contributed by atoms with Crippen molar-refractivity contribution in [2.24, 2.45) is 0 Å². The van der Waals surface area contributed by atoms with Crippen molar-refractivity contribution in [3.63, 3.8) is 0 Å². The van der Waals surface area contributed by atoms with Crippen molar-refractivity contribution < 1.29 is 14.9 Å². The third-order valence-electron chi connectivity index (χ3n) is 5.13. The van der Waals surface area contributed by atoms with Crippen molar-refractivity contribution in [3.8, 4) is 11.5 Å². The van der Waals surface area contributed by atoms with Crippen LogP contribution in [0.3, 0.4) is 0 Å². The second-order valence-corrected chi connectivity index (χ2v) is 7.44. The summed E-state index contributed by atoms with van der Waals surface area (Å²) in [7, 11) is 8.04. The molecule has 148 valence electrons. The summed E-state index contributed by atoms with van der Waals surface area (Å²) in [5, 5.41) is 10.8. The zero-order chi connectivity index (χ0) is 20.5. The van der Waals surface area contributed by atoms with E-state index in [1.807, 2.05) is 52.5 Å². The van der Waals surface area contributed by atoms with Crippen LogP contribution in [0.1, 0.15) is 11.1 Å². The van der Waals surface area contributed by atoms with Gasteiger partial charge >= 0.3 is 0 Å². The van der Waals surface area contributed by atoms with Crippen LogP contribution < -0.4 is 25.0 Å². The van der Waals surface area contributed by atoms with Gasteiger partial charge in [-0.15, -0.1) is 0 Å². The highest BCUT2D eigenvalue weighted by atomic mass is 17.1. The van der Waals surface area contributed by atoms with Crippen molar-refractivity contribution in [2.75, 3.05) is 38.0 Å². The molecule has 1 heterocycles. The number of anilines is 2. The highest BCUT2D eigenvalue weighted by Crippen LogP contribution is 2.44. The maximum absolute atomic E-state index is 9.03. The Morgan fingerprint density at radius 1 is 0.793 bits per heavy atom. The molecule has 3 aromatic carbocycles. The molecule has 0 saturated carbocycles. The maximum Gasteiger partial charge on any atom is 0.137 e. The van der Waals surface area contributed by atoms with Crippen LogP contribution in [-0.2, 0) is 4.89 Å². The molecule has 1 aliphatic rings. The van der Waals surface area contributed by atoms with E-state index in [1.54, 1.807) is 0 Å². The van der Waals surface area contributed by atoms with Gasteiger partial charge in [0.1, 0.15) is 17.8 Å². The molecular weight excluding hydrogens is 364 g/mol. The summed E-state index contributed by atoms with van der Waals surface area (Å²) in [6, 6.07) is 20.3. The third-order valence-corrected chi connectivity index (χ3v) is 5.13. The van der Waals surface area contributed by atoms with Gasteiger partial charge in [0, 0.05) is 73.6 Å². The summed E-state index contributed by atoms with van der Waals surface area (Å²) in [4.78, 5) is 8.46. The third kappa shape index (κ3) is 3.41. The number of ether oxygens (including phenoxy) is 1. The Labute approximate surface area is 170 Å². The minimum atomic E-state index is 0.789. The molecule has 5 heteroatoms. The Morgan fingerprint density at radius 2 is 1.34 bits per heavy atom. The standard InChI is InChI=1S/C24H24N2O3/c1-25(2)17-9-11-20-22(13-17)29-23-14-18(26(3)4)10-12-21(23)24(20)19-8-6-5-7-16(19)15-28-27/h5-15,27H,1-4H3. The van der Waals surface area contributed by atoms with Gasteiger partial charge in [-0.1, -0.05) is 24.3 Å². The summed E-state index contributed by atoms with van der Waals surface area (Å²) in [5.74, 6) is 1.60. The Balaban J connectivity index is 2.10. The molecule has 0 aliphatic carbocycles. The second-order valence-electron chi connectivity index (χ2n) is 7.44. The number of hydrogen-bond donors (Lipinski definition) is 1. The second kappa shape index (κ2) is 7.53. The molecule has 0 atom stereocenters. The highest BCUT2D eigenvalue weighted by molar-refractivity contribution is 5.89. The lowest BCUT2D eigenvalue weighted by molar-refractivity contribution is -0.162. The van der Waals surface area contributed by atoms with Crippen LogP contribution in [0, 0.1) is 0 Å². The molecule has 0 bridgehead atoms. The Bertz CT molecular complexity index is 1120.